The summed E-state index contributed by atoms with van der Waals surface area (Å²) in [5, 5.41) is 41.2. The lowest BCUT2D eigenvalue weighted by molar-refractivity contribution is -0.393. The molecule has 0 bridgehead atoms. The number of nitrogens with one attached hydrogen (secondary N) is 2. The molecule has 5 rings (SSSR count). The normalized spacial score (nSPS) is 33.4. The van der Waals surface area contributed by atoms with E-state index in [0.29, 0.717) is 37.6 Å². The molecule has 1 aromatic rings. The number of hydrogen-bond acceptors (Lipinski definition) is 9. The highest BCUT2D eigenvalue weighted by molar-refractivity contribution is 5.96. The van der Waals surface area contributed by atoms with Crippen LogP contribution in [0.15, 0.2) is 34.9 Å². The average Bonchev–Trinajstić information content (AvgIpc) is 3.33. The van der Waals surface area contributed by atoms with Crippen LogP contribution in [0.3, 0.4) is 0 Å². The number of allylic oxidation sites excluding steroid dienone is 1. The van der Waals surface area contributed by atoms with Gasteiger partial charge in [0, 0.05) is 43.5 Å². The van der Waals surface area contributed by atoms with Gasteiger partial charge in [-0.25, -0.2) is 0 Å². The van der Waals surface area contributed by atoms with Crippen LogP contribution in [0.4, 0.5) is 17.1 Å². The molecule has 256 valence electrons. The Bertz CT molecular complexity index is 1490. The minimum Gasteiger partial charge on any atom is -0.393 e. The zero-order chi connectivity index (χ0) is 34.3. The number of Topliss-reactive ketones (excluding diaryl/α,β-unsaturated/α-hetero) is 1. The summed E-state index contributed by atoms with van der Waals surface area (Å²) < 4.78 is 0. The van der Waals surface area contributed by atoms with E-state index in [0.717, 1.165) is 50.3 Å². The standard InChI is InChI=1S/C35H49N5O7/c1-20(19-36-22(3)41)6-11-32(43)21(2)33-30(38-37-29-10-8-24(39(44)45)17-31(29)40(46)47)18-28-26-9-7-23-16-25(42)12-14-34(23,4)27(26)13-15-35(28,33)5/h7-8,10,17,20-21,25-28,33,37,42H,6,9,11-16,18-19H2,1-5H3,(H,36,41)/b38-30+/t20-,21+,25+,26+,27-,28-,33-,34+,35+/m1/s1. The Labute approximate surface area is 276 Å². The lowest BCUT2D eigenvalue weighted by Crippen LogP contribution is -2.51. The Morgan fingerprint density at radius 2 is 1.83 bits per heavy atom. The summed E-state index contributed by atoms with van der Waals surface area (Å²) in [7, 11) is 0. The molecule has 3 N–H and O–H groups in total. The summed E-state index contributed by atoms with van der Waals surface area (Å²) in [6.07, 6.45) is 9.17. The number of rotatable bonds is 11. The molecule has 0 saturated heterocycles. The average molecular weight is 652 g/mol. The van der Waals surface area contributed by atoms with E-state index in [4.69, 9.17) is 5.10 Å². The zero-order valence-corrected chi connectivity index (χ0v) is 28.2. The van der Waals surface area contributed by atoms with Crippen molar-refractivity contribution in [1.29, 1.82) is 0 Å². The fourth-order valence-electron chi connectivity index (χ4n) is 9.70. The number of nitrogens with zero attached hydrogens (tertiary/aromatic N) is 3. The maximum atomic E-state index is 13.9. The number of aliphatic hydroxyl groups is 1. The Kier molecular flexibility index (Phi) is 9.92. The maximum Gasteiger partial charge on any atom is 0.301 e. The molecule has 0 unspecified atom stereocenters. The third kappa shape index (κ3) is 6.71. The molecule has 9 atom stereocenters. The van der Waals surface area contributed by atoms with E-state index in [1.54, 1.807) is 0 Å². The van der Waals surface area contributed by atoms with Gasteiger partial charge in [0.05, 0.1) is 22.0 Å². The van der Waals surface area contributed by atoms with Gasteiger partial charge < -0.3 is 10.4 Å². The fraction of sp³-hybridized carbons (Fsp3) is 0.686. The molecule has 1 aromatic carbocycles. The lowest BCUT2D eigenvalue weighted by atomic mass is 9.47. The number of aliphatic hydroxyl groups excluding tert-OH is 1. The van der Waals surface area contributed by atoms with E-state index in [1.807, 2.05) is 13.8 Å². The highest BCUT2D eigenvalue weighted by atomic mass is 16.6. The number of hydrazone groups is 1. The number of nitro groups is 2. The number of ketones is 1. The van der Waals surface area contributed by atoms with E-state index in [9.17, 15) is 34.9 Å². The highest BCUT2D eigenvalue weighted by Gasteiger charge is 2.61. The highest BCUT2D eigenvalue weighted by Crippen LogP contribution is 2.66. The lowest BCUT2D eigenvalue weighted by Gasteiger charge is -2.58. The van der Waals surface area contributed by atoms with Crippen LogP contribution in [0.25, 0.3) is 0 Å². The Hall–Kier alpha value is -3.67. The molecule has 0 spiro atoms. The molecule has 1 amide bonds. The molecule has 12 heteroatoms. The van der Waals surface area contributed by atoms with Crippen LogP contribution in [-0.2, 0) is 9.59 Å². The van der Waals surface area contributed by atoms with Gasteiger partial charge in [-0.3, -0.25) is 35.2 Å². The minimum atomic E-state index is -0.667. The third-order valence-electron chi connectivity index (χ3n) is 12.3. The molecule has 0 heterocycles. The van der Waals surface area contributed by atoms with Gasteiger partial charge in [-0.2, -0.15) is 5.10 Å². The summed E-state index contributed by atoms with van der Waals surface area (Å²) in [4.78, 5) is 47.0. The molecule has 4 aliphatic rings. The van der Waals surface area contributed by atoms with Gasteiger partial charge in [0.25, 0.3) is 5.69 Å². The van der Waals surface area contributed by atoms with E-state index >= 15 is 0 Å². The van der Waals surface area contributed by atoms with Crippen LogP contribution in [0.1, 0.15) is 92.4 Å². The van der Waals surface area contributed by atoms with Crippen LogP contribution in [0.2, 0.25) is 0 Å². The first-order valence-electron chi connectivity index (χ1n) is 17.1. The van der Waals surface area contributed by atoms with Crippen molar-refractivity contribution >= 4 is 34.5 Å². The first-order valence-corrected chi connectivity index (χ1v) is 17.1. The Morgan fingerprint density at radius 3 is 2.51 bits per heavy atom. The van der Waals surface area contributed by atoms with E-state index in [2.05, 4.69) is 30.7 Å². The second kappa shape index (κ2) is 13.4. The molecule has 12 nitrogen and oxygen atoms in total. The number of carbonyl (C=O) groups is 2. The summed E-state index contributed by atoms with van der Waals surface area (Å²) >= 11 is 0. The van der Waals surface area contributed by atoms with Crippen molar-refractivity contribution in [1.82, 2.24) is 5.32 Å². The van der Waals surface area contributed by atoms with Gasteiger partial charge in [0.2, 0.25) is 5.91 Å². The van der Waals surface area contributed by atoms with Gasteiger partial charge >= 0.3 is 5.69 Å². The molecule has 0 aromatic heterocycles. The molecule has 4 aliphatic carbocycles. The molecule has 3 saturated carbocycles. The predicted molar refractivity (Wildman–Crippen MR) is 179 cm³/mol. The van der Waals surface area contributed by atoms with Crippen molar-refractivity contribution in [3.8, 4) is 0 Å². The summed E-state index contributed by atoms with van der Waals surface area (Å²) in [5.41, 5.74) is 4.18. The number of amides is 1. The van der Waals surface area contributed by atoms with Crippen LogP contribution < -0.4 is 10.7 Å². The molecule has 47 heavy (non-hydrogen) atoms. The van der Waals surface area contributed by atoms with Gasteiger partial charge in [-0.1, -0.05) is 39.3 Å². The SMILES string of the molecule is CC(=O)NC[C@H](C)CCC(=O)[C@H](C)[C@@H]1/C(=N/Nc2ccc([N+](=O)[O-])cc2[N+](=O)[O-])C[C@@H]2[C@H]3CC=C4C[C@@H](O)CC[C@]4(C)[C@@H]3CC[C@@]21C. The van der Waals surface area contributed by atoms with Crippen LogP contribution >= 0.6 is 0 Å². The molecular weight excluding hydrogens is 602 g/mol. The smallest absolute Gasteiger partial charge is 0.301 e. The third-order valence-corrected chi connectivity index (χ3v) is 12.3. The maximum absolute atomic E-state index is 13.9. The van der Waals surface area contributed by atoms with E-state index in [-0.39, 0.29) is 63.7 Å². The quantitative estimate of drug-likeness (QED) is 0.136. The van der Waals surface area contributed by atoms with Gasteiger partial charge in [-0.05, 0) is 91.9 Å². The topological polar surface area (TPSA) is 177 Å². The van der Waals surface area contributed by atoms with Gasteiger partial charge in [0.1, 0.15) is 11.5 Å². The van der Waals surface area contributed by atoms with Crippen molar-refractivity contribution in [2.45, 2.75) is 98.5 Å². The second-order valence-corrected chi connectivity index (χ2v) is 15.1. The Morgan fingerprint density at radius 1 is 1.09 bits per heavy atom. The van der Waals surface area contributed by atoms with Gasteiger partial charge in [-0.15, -0.1) is 0 Å². The second-order valence-electron chi connectivity index (χ2n) is 15.1. The number of hydrogen-bond donors (Lipinski definition) is 3. The first-order chi connectivity index (χ1) is 22.2. The van der Waals surface area contributed by atoms with Gasteiger partial charge in [0.15, 0.2) is 0 Å². The minimum absolute atomic E-state index is 0.0436. The van der Waals surface area contributed by atoms with Crippen LogP contribution in [-0.4, -0.2) is 45.0 Å². The Balaban J connectivity index is 1.46. The number of anilines is 1. The molecular formula is C35H49N5O7. The zero-order valence-electron chi connectivity index (χ0n) is 28.2. The molecule has 3 fully saturated rings. The van der Waals surface area contributed by atoms with Crippen molar-refractivity contribution < 1.29 is 24.5 Å². The number of nitro benzene ring substituents is 2. The van der Waals surface area contributed by atoms with E-state index < -0.39 is 15.5 Å². The van der Waals surface area contributed by atoms with Crippen LogP contribution in [0.5, 0.6) is 0 Å². The molecule has 0 aliphatic heterocycles. The predicted octanol–water partition coefficient (Wildman–Crippen LogP) is 6.58. The summed E-state index contributed by atoms with van der Waals surface area (Å²) in [5.74, 6) is 0.795. The van der Waals surface area contributed by atoms with E-state index in [1.165, 1.54) is 24.6 Å². The number of carbonyl (C=O) groups excluding carboxylic acids is 2. The van der Waals surface area contributed by atoms with Crippen molar-refractivity contribution in [3.05, 3.63) is 50.1 Å². The monoisotopic (exact) mass is 651 g/mol. The summed E-state index contributed by atoms with van der Waals surface area (Å²) in [6.45, 7) is 10.7. The molecule has 0 radical (unpaired) electrons. The first kappa shape index (κ1) is 34.7. The van der Waals surface area contributed by atoms with Crippen molar-refractivity contribution in [3.63, 3.8) is 0 Å². The van der Waals surface area contributed by atoms with Crippen molar-refractivity contribution in [2.24, 2.45) is 51.4 Å². The fourth-order valence-corrected chi connectivity index (χ4v) is 9.70. The van der Waals surface area contributed by atoms with Crippen molar-refractivity contribution in [2.75, 3.05) is 12.0 Å². The number of benzene rings is 1. The summed E-state index contributed by atoms with van der Waals surface area (Å²) in [6, 6.07) is 3.46. The largest absolute Gasteiger partial charge is 0.393 e. The van der Waals surface area contributed by atoms with Crippen LogP contribution in [0, 0.1) is 66.6 Å². The number of non-ortho nitro benzene ring substituents is 1. The number of fused-ring (bicyclic) bond motifs is 5.